The number of nitrogens with zero attached hydrogens (tertiary/aromatic N) is 1. The van der Waals surface area contributed by atoms with Crippen LogP contribution in [0, 0.1) is 11.2 Å². The monoisotopic (exact) mass is 667 g/mol. The van der Waals surface area contributed by atoms with Gasteiger partial charge in [-0.15, -0.1) is 0 Å². The maximum atomic E-state index is 14.4. The molecule has 1 aliphatic heterocycles. The number of fused-ring (bicyclic) bond motifs is 1. The molecule has 0 spiro atoms. The van der Waals surface area contributed by atoms with Crippen LogP contribution in [0.5, 0.6) is 5.75 Å². The highest BCUT2D eigenvalue weighted by atomic mass is 32.2. The fourth-order valence-corrected chi connectivity index (χ4v) is 8.62. The number of aliphatic hydroxyl groups excluding tert-OH is 2. The molecule has 248 valence electrons. The van der Waals surface area contributed by atoms with Crippen molar-refractivity contribution in [3.8, 4) is 5.75 Å². The van der Waals surface area contributed by atoms with Crippen molar-refractivity contribution in [1.29, 1.82) is 0 Å². The van der Waals surface area contributed by atoms with Crippen LogP contribution in [-0.2, 0) is 25.7 Å². The van der Waals surface area contributed by atoms with Gasteiger partial charge < -0.3 is 24.8 Å². The van der Waals surface area contributed by atoms with Gasteiger partial charge in [0.05, 0.1) is 46.3 Å². The van der Waals surface area contributed by atoms with E-state index in [1.807, 2.05) is 0 Å². The van der Waals surface area contributed by atoms with Crippen molar-refractivity contribution < 1.29 is 64.3 Å². The van der Waals surface area contributed by atoms with Crippen molar-refractivity contribution in [3.05, 3.63) is 59.4 Å². The van der Waals surface area contributed by atoms with Gasteiger partial charge in [-0.3, -0.25) is 4.79 Å². The molecule has 1 saturated heterocycles. The molecule has 7 atom stereocenters. The lowest BCUT2D eigenvalue weighted by molar-refractivity contribution is -0.159. The fourth-order valence-electron chi connectivity index (χ4n) is 6.88. The number of hydrogen-bond donors (Lipinski definition) is 3. The fraction of sp³-hybridized carbons (Fsp3) is 0.552. The molecule has 3 aliphatic rings. The van der Waals surface area contributed by atoms with E-state index in [9.17, 15) is 54.9 Å². The smallest absolute Gasteiger partial charge is 0.416 e. The van der Waals surface area contributed by atoms with Crippen LogP contribution in [0.3, 0.4) is 0 Å². The largest absolute Gasteiger partial charge is 0.481 e. The Labute approximate surface area is 254 Å². The summed E-state index contributed by atoms with van der Waals surface area (Å²) >= 11 is 0. The average molecular weight is 668 g/mol. The number of hydrogen-bond acceptors (Lipinski definition) is 7. The van der Waals surface area contributed by atoms with Gasteiger partial charge in [-0.05, 0) is 80.3 Å². The van der Waals surface area contributed by atoms with Crippen LogP contribution in [0.2, 0.25) is 0 Å². The van der Waals surface area contributed by atoms with Crippen molar-refractivity contribution in [1.82, 2.24) is 4.31 Å². The SMILES string of the molecule is O=C(O)C1(CC2CN(S(=O)(=O)c3cccc(C(F)(F)F)c3)C3CC(c4cc(F)cc(OC(F)F)c4)CC[C@@H]3O2)C[C@@H](O)[C@@H](O)C1. The third-order valence-electron chi connectivity index (χ3n) is 8.95. The molecule has 16 heteroatoms. The molecule has 3 fully saturated rings. The van der Waals surface area contributed by atoms with Crippen LogP contribution in [0.15, 0.2) is 47.4 Å². The molecule has 2 aromatic rings. The summed E-state index contributed by atoms with van der Waals surface area (Å²) in [5, 5.41) is 30.3. The summed E-state index contributed by atoms with van der Waals surface area (Å²) in [5.41, 5.74) is -2.60. The van der Waals surface area contributed by atoms with Gasteiger partial charge in [0.1, 0.15) is 11.6 Å². The highest BCUT2D eigenvalue weighted by molar-refractivity contribution is 7.89. The van der Waals surface area contributed by atoms with E-state index < -0.39 is 99.1 Å². The number of carbonyl (C=O) groups is 1. The van der Waals surface area contributed by atoms with Crippen molar-refractivity contribution in [2.45, 2.75) is 92.6 Å². The number of halogens is 6. The summed E-state index contributed by atoms with van der Waals surface area (Å²) in [7, 11) is -4.67. The summed E-state index contributed by atoms with van der Waals surface area (Å²) in [6.45, 7) is -3.68. The van der Waals surface area contributed by atoms with Gasteiger partial charge in [-0.25, -0.2) is 12.8 Å². The zero-order chi connectivity index (χ0) is 32.9. The number of benzene rings is 2. The maximum absolute atomic E-state index is 14.4. The topological polar surface area (TPSA) is 134 Å². The highest BCUT2D eigenvalue weighted by Gasteiger charge is 2.54. The lowest BCUT2D eigenvalue weighted by Crippen LogP contribution is -2.59. The van der Waals surface area contributed by atoms with Gasteiger partial charge in [-0.1, -0.05) is 6.07 Å². The van der Waals surface area contributed by atoms with E-state index in [0.717, 1.165) is 34.6 Å². The Hall–Kier alpha value is -2.92. The summed E-state index contributed by atoms with van der Waals surface area (Å²) < 4.78 is 120. The molecule has 2 saturated carbocycles. The first kappa shape index (κ1) is 33.4. The van der Waals surface area contributed by atoms with Gasteiger partial charge in [0.15, 0.2) is 0 Å². The van der Waals surface area contributed by atoms with E-state index in [1.54, 1.807) is 0 Å². The molecule has 0 radical (unpaired) electrons. The van der Waals surface area contributed by atoms with Crippen LogP contribution >= 0.6 is 0 Å². The first-order valence-corrected chi connectivity index (χ1v) is 15.6. The molecule has 0 aromatic heterocycles. The summed E-state index contributed by atoms with van der Waals surface area (Å²) in [5.74, 6) is -3.20. The molecule has 2 aliphatic carbocycles. The van der Waals surface area contributed by atoms with Crippen LogP contribution < -0.4 is 4.74 Å². The molecule has 2 aromatic carbocycles. The van der Waals surface area contributed by atoms with E-state index >= 15 is 0 Å². The maximum Gasteiger partial charge on any atom is 0.416 e. The van der Waals surface area contributed by atoms with E-state index in [-0.39, 0.29) is 44.1 Å². The highest BCUT2D eigenvalue weighted by Crippen LogP contribution is 2.47. The molecule has 5 rings (SSSR count). The summed E-state index contributed by atoms with van der Waals surface area (Å²) in [4.78, 5) is 11.7. The van der Waals surface area contributed by atoms with Crippen molar-refractivity contribution in [2.24, 2.45) is 5.41 Å². The minimum Gasteiger partial charge on any atom is -0.481 e. The van der Waals surface area contributed by atoms with Gasteiger partial charge in [-0.2, -0.15) is 26.3 Å². The van der Waals surface area contributed by atoms with E-state index in [1.165, 1.54) is 6.07 Å². The number of carboxylic acid groups (broad SMARTS) is 1. The van der Waals surface area contributed by atoms with Crippen LogP contribution in [0.4, 0.5) is 26.3 Å². The van der Waals surface area contributed by atoms with Crippen LogP contribution in [0.1, 0.15) is 55.6 Å². The van der Waals surface area contributed by atoms with Crippen molar-refractivity contribution >= 4 is 16.0 Å². The lowest BCUT2D eigenvalue weighted by Gasteiger charge is -2.49. The Morgan fingerprint density at radius 2 is 1.78 bits per heavy atom. The number of aliphatic carboxylic acids is 1. The Bertz CT molecular complexity index is 1510. The predicted molar refractivity (Wildman–Crippen MR) is 143 cm³/mol. The molecule has 1 heterocycles. The second-order valence-electron chi connectivity index (χ2n) is 11.9. The summed E-state index contributed by atoms with van der Waals surface area (Å²) in [6, 6.07) is 5.27. The third-order valence-corrected chi connectivity index (χ3v) is 10.8. The van der Waals surface area contributed by atoms with Crippen molar-refractivity contribution in [3.63, 3.8) is 0 Å². The minimum atomic E-state index is -4.84. The summed E-state index contributed by atoms with van der Waals surface area (Å²) in [6.07, 6.45) is -9.94. The Morgan fingerprint density at radius 3 is 2.40 bits per heavy atom. The Morgan fingerprint density at radius 1 is 1.09 bits per heavy atom. The number of sulfonamides is 1. The number of alkyl halides is 5. The third kappa shape index (κ3) is 6.94. The zero-order valence-electron chi connectivity index (χ0n) is 23.5. The Balaban J connectivity index is 1.50. The van der Waals surface area contributed by atoms with Gasteiger partial charge >= 0.3 is 18.8 Å². The minimum absolute atomic E-state index is 0.0192. The van der Waals surface area contributed by atoms with E-state index in [2.05, 4.69) is 4.74 Å². The number of carboxylic acids is 1. The number of aliphatic hydroxyl groups is 2. The molecular weight excluding hydrogens is 636 g/mol. The zero-order valence-corrected chi connectivity index (χ0v) is 24.4. The second kappa shape index (κ2) is 12.4. The van der Waals surface area contributed by atoms with Crippen LogP contribution in [-0.4, -0.2) is 77.6 Å². The lowest BCUT2D eigenvalue weighted by atomic mass is 9.77. The number of morpholine rings is 1. The molecule has 3 N–H and O–H groups in total. The van der Waals surface area contributed by atoms with Crippen LogP contribution in [0.25, 0.3) is 0 Å². The predicted octanol–water partition coefficient (Wildman–Crippen LogP) is 4.52. The standard InChI is InChI=1S/C29H31F6NO8S/c30-18-6-16(7-19(10-18)44-27(31)32)15-4-5-25-22(8-15)36(45(41,42)21-3-1-2-17(9-21)29(33,34)35)14-20(43-25)11-28(26(39)40)12-23(37)24(38)13-28/h1-3,6-7,9-10,15,20,22-25,27,37-38H,4-5,8,11-14H2,(H,39,40)/t15?,20?,22?,23-,24+,25-,28?/m0/s1. The van der Waals surface area contributed by atoms with E-state index in [0.29, 0.717) is 6.07 Å². The molecule has 0 amide bonds. The number of ether oxygens (including phenoxy) is 2. The molecular formula is C29H31F6NO8S. The molecule has 4 unspecified atom stereocenters. The second-order valence-corrected chi connectivity index (χ2v) is 13.8. The van der Waals surface area contributed by atoms with Crippen molar-refractivity contribution in [2.75, 3.05) is 6.54 Å². The van der Waals surface area contributed by atoms with E-state index in [4.69, 9.17) is 4.74 Å². The number of rotatable bonds is 8. The van der Waals surface area contributed by atoms with Gasteiger partial charge in [0, 0.05) is 12.6 Å². The molecule has 9 nitrogen and oxygen atoms in total. The molecule has 45 heavy (non-hydrogen) atoms. The normalized spacial score (nSPS) is 31.1. The quantitative estimate of drug-likeness (QED) is 0.351. The van der Waals surface area contributed by atoms with Gasteiger partial charge in [0.2, 0.25) is 10.0 Å². The van der Waals surface area contributed by atoms with Gasteiger partial charge in [0.25, 0.3) is 0 Å². The first-order chi connectivity index (χ1) is 21.0. The Kier molecular flexibility index (Phi) is 9.18. The average Bonchev–Trinajstić information content (AvgIpc) is 3.24. The first-order valence-electron chi connectivity index (χ1n) is 14.2. The molecule has 0 bridgehead atoms.